The average Bonchev–Trinajstić information content (AvgIpc) is 2.88. The van der Waals surface area contributed by atoms with Gasteiger partial charge in [-0.1, -0.05) is 66.7 Å². The van der Waals surface area contributed by atoms with Gasteiger partial charge in [0, 0.05) is 24.2 Å². The molecule has 0 aliphatic carbocycles. The van der Waals surface area contributed by atoms with Gasteiger partial charge in [0.1, 0.15) is 0 Å². The molecular weight excluding hydrogens is 454 g/mol. The van der Waals surface area contributed by atoms with Crippen molar-refractivity contribution in [1.82, 2.24) is 4.31 Å². The van der Waals surface area contributed by atoms with Gasteiger partial charge in [-0.2, -0.15) is 4.31 Å². The highest BCUT2D eigenvalue weighted by Gasteiger charge is 2.30. The van der Waals surface area contributed by atoms with Crippen molar-refractivity contribution < 1.29 is 27.5 Å². The van der Waals surface area contributed by atoms with Crippen LogP contribution in [0.5, 0.6) is 0 Å². The van der Waals surface area contributed by atoms with Gasteiger partial charge >= 0.3 is 5.97 Å². The van der Waals surface area contributed by atoms with E-state index in [-0.39, 0.29) is 29.3 Å². The summed E-state index contributed by atoms with van der Waals surface area (Å²) in [6.07, 6.45) is -1.17. The molecule has 0 radical (unpaired) electrons. The Bertz CT molecular complexity index is 1270. The van der Waals surface area contributed by atoms with Crippen LogP contribution >= 0.6 is 0 Å². The maximum absolute atomic E-state index is 13.2. The molecule has 4 rings (SSSR count). The standard InChI is InChI=1S/C26H25NO6S/c1-19-12-13-22(18-23(19)34(30,31)27-14-16-32-17-15-27)26(29)33-25(21-10-6-3-7-11-21)24(28)20-8-4-2-5-9-20/h2-13,18,25H,14-17H2,1H3. The van der Waals surface area contributed by atoms with Gasteiger partial charge < -0.3 is 9.47 Å². The highest BCUT2D eigenvalue weighted by molar-refractivity contribution is 7.89. The summed E-state index contributed by atoms with van der Waals surface area (Å²) in [7, 11) is -3.81. The molecule has 1 saturated heterocycles. The molecule has 0 amide bonds. The summed E-state index contributed by atoms with van der Waals surface area (Å²) in [4.78, 5) is 26.4. The van der Waals surface area contributed by atoms with Crippen molar-refractivity contribution in [3.63, 3.8) is 0 Å². The first-order valence-corrected chi connectivity index (χ1v) is 12.4. The van der Waals surface area contributed by atoms with Gasteiger partial charge in [-0.25, -0.2) is 13.2 Å². The number of esters is 1. The second-order valence-corrected chi connectivity index (χ2v) is 9.83. The molecule has 1 aliphatic heterocycles. The number of morpholine rings is 1. The number of ketones is 1. The molecule has 0 aromatic heterocycles. The maximum atomic E-state index is 13.2. The first-order chi connectivity index (χ1) is 16.4. The summed E-state index contributed by atoms with van der Waals surface area (Å²) in [5.74, 6) is -1.15. The molecular formula is C26H25NO6S. The topological polar surface area (TPSA) is 90.0 Å². The van der Waals surface area contributed by atoms with E-state index in [2.05, 4.69) is 0 Å². The van der Waals surface area contributed by atoms with E-state index in [9.17, 15) is 18.0 Å². The Labute approximate surface area is 199 Å². The predicted octanol–water partition coefficient (Wildman–Crippen LogP) is 3.80. The Kier molecular flexibility index (Phi) is 7.21. The van der Waals surface area contributed by atoms with Gasteiger partial charge in [-0.15, -0.1) is 0 Å². The van der Waals surface area contributed by atoms with Gasteiger partial charge in [-0.3, -0.25) is 4.79 Å². The highest BCUT2D eigenvalue weighted by Crippen LogP contribution is 2.26. The monoisotopic (exact) mass is 479 g/mol. The number of sulfonamides is 1. The first-order valence-electron chi connectivity index (χ1n) is 10.9. The molecule has 1 heterocycles. The van der Waals surface area contributed by atoms with Crippen LogP contribution in [-0.2, 0) is 19.5 Å². The maximum Gasteiger partial charge on any atom is 0.339 e. The van der Waals surface area contributed by atoms with Crippen LogP contribution in [0.2, 0.25) is 0 Å². The molecule has 1 atom stereocenters. The zero-order chi connectivity index (χ0) is 24.1. The van der Waals surface area contributed by atoms with Crippen molar-refractivity contribution in [3.8, 4) is 0 Å². The van der Waals surface area contributed by atoms with E-state index in [1.807, 2.05) is 0 Å². The number of benzene rings is 3. The van der Waals surface area contributed by atoms with Crippen LogP contribution in [0.25, 0.3) is 0 Å². The van der Waals surface area contributed by atoms with Crippen molar-refractivity contribution >= 4 is 21.8 Å². The summed E-state index contributed by atoms with van der Waals surface area (Å²) in [5, 5.41) is 0. The normalized spacial score (nSPS) is 15.4. The van der Waals surface area contributed by atoms with Gasteiger partial charge in [0.15, 0.2) is 6.10 Å². The highest BCUT2D eigenvalue weighted by atomic mass is 32.2. The van der Waals surface area contributed by atoms with Crippen LogP contribution in [0.15, 0.2) is 83.8 Å². The zero-order valence-corrected chi connectivity index (χ0v) is 19.5. The lowest BCUT2D eigenvalue weighted by Crippen LogP contribution is -2.40. The van der Waals surface area contributed by atoms with E-state index in [1.54, 1.807) is 73.7 Å². The summed E-state index contributed by atoms with van der Waals surface area (Å²) >= 11 is 0. The summed E-state index contributed by atoms with van der Waals surface area (Å²) in [5.41, 5.74) is 1.50. The van der Waals surface area contributed by atoms with Gasteiger partial charge in [0.2, 0.25) is 15.8 Å². The number of hydrogen-bond donors (Lipinski definition) is 0. The lowest BCUT2D eigenvalue weighted by Gasteiger charge is -2.26. The summed E-state index contributed by atoms with van der Waals surface area (Å²) in [6, 6.07) is 21.7. The molecule has 7 nitrogen and oxygen atoms in total. The third kappa shape index (κ3) is 5.09. The number of Topliss-reactive ketones (excluding diaryl/α,β-unsaturated/α-hetero) is 1. The fourth-order valence-corrected chi connectivity index (χ4v) is 5.42. The molecule has 1 unspecified atom stereocenters. The number of nitrogens with zero attached hydrogens (tertiary/aromatic N) is 1. The largest absolute Gasteiger partial charge is 0.445 e. The minimum Gasteiger partial charge on any atom is -0.445 e. The average molecular weight is 480 g/mol. The summed E-state index contributed by atoms with van der Waals surface area (Å²) in [6.45, 7) is 2.81. The van der Waals surface area contributed by atoms with Crippen molar-refractivity contribution in [1.29, 1.82) is 0 Å². The third-order valence-corrected chi connectivity index (χ3v) is 7.68. The van der Waals surface area contributed by atoms with Crippen LogP contribution in [0, 0.1) is 6.92 Å². The molecule has 3 aromatic rings. The Balaban J connectivity index is 1.65. The molecule has 0 bridgehead atoms. The summed E-state index contributed by atoms with van der Waals surface area (Å²) < 4.78 is 38.6. The van der Waals surface area contributed by atoms with Crippen LogP contribution < -0.4 is 0 Å². The van der Waals surface area contributed by atoms with Crippen LogP contribution in [-0.4, -0.2) is 50.8 Å². The quantitative estimate of drug-likeness (QED) is 0.378. The fraction of sp³-hybridized carbons (Fsp3) is 0.231. The minimum atomic E-state index is -3.81. The molecule has 1 fully saturated rings. The van der Waals surface area contributed by atoms with Crippen molar-refractivity contribution in [2.45, 2.75) is 17.9 Å². The molecule has 1 aliphatic rings. The first kappa shape index (κ1) is 23.8. The van der Waals surface area contributed by atoms with Gasteiger partial charge in [0.25, 0.3) is 0 Å². The molecule has 0 saturated carbocycles. The Morgan fingerprint density at radius 1 is 0.882 bits per heavy atom. The smallest absolute Gasteiger partial charge is 0.339 e. The van der Waals surface area contributed by atoms with Crippen LogP contribution in [0.4, 0.5) is 0 Å². The van der Waals surface area contributed by atoms with Gasteiger partial charge in [0.05, 0.1) is 23.7 Å². The van der Waals surface area contributed by atoms with E-state index >= 15 is 0 Å². The minimum absolute atomic E-state index is 0.0366. The molecule has 3 aromatic carbocycles. The lowest BCUT2D eigenvalue weighted by atomic mass is 9.99. The van der Waals surface area contributed by atoms with E-state index in [1.165, 1.54) is 16.4 Å². The van der Waals surface area contributed by atoms with E-state index in [4.69, 9.17) is 9.47 Å². The SMILES string of the molecule is Cc1ccc(C(=O)OC(C(=O)c2ccccc2)c2ccccc2)cc1S(=O)(=O)N1CCOCC1. The van der Waals surface area contributed by atoms with Crippen LogP contribution in [0.3, 0.4) is 0 Å². The molecule has 0 N–H and O–H groups in total. The molecule has 8 heteroatoms. The number of hydrogen-bond acceptors (Lipinski definition) is 6. The molecule has 34 heavy (non-hydrogen) atoms. The second-order valence-electron chi connectivity index (χ2n) is 7.92. The Morgan fingerprint density at radius 2 is 1.50 bits per heavy atom. The third-order valence-electron chi connectivity index (χ3n) is 5.64. The number of rotatable bonds is 7. The van der Waals surface area contributed by atoms with Crippen LogP contribution in [0.1, 0.15) is 37.9 Å². The number of aryl methyl sites for hydroxylation is 1. The van der Waals surface area contributed by atoms with Crippen molar-refractivity contribution in [3.05, 3.63) is 101 Å². The van der Waals surface area contributed by atoms with Gasteiger partial charge in [-0.05, 0) is 24.6 Å². The Morgan fingerprint density at radius 3 is 2.15 bits per heavy atom. The number of carbonyl (C=O) groups excluding carboxylic acids is 2. The molecule has 0 spiro atoms. The number of ether oxygens (including phenoxy) is 2. The fourth-order valence-electron chi connectivity index (χ4n) is 3.76. The lowest BCUT2D eigenvalue weighted by molar-refractivity contribution is 0.0279. The number of carbonyl (C=O) groups is 2. The second kappa shape index (κ2) is 10.3. The van der Waals surface area contributed by atoms with E-state index in [0.29, 0.717) is 29.9 Å². The zero-order valence-electron chi connectivity index (χ0n) is 18.7. The Hall–Kier alpha value is -3.33. The van der Waals surface area contributed by atoms with Crippen molar-refractivity contribution in [2.75, 3.05) is 26.3 Å². The predicted molar refractivity (Wildman–Crippen MR) is 126 cm³/mol. The van der Waals surface area contributed by atoms with Crippen molar-refractivity contribution in [2.24, 2.45) is 0 Å². The van der Waals surface area contributed by atoms with E-state index < -0.39 is 22.1 Å². The molecule has 176 valence electrons. The van der Waals surface area contributed by atoms with E-state index in [0.717, 1.165) is 0 Å².